The third-order valence-corrected chi connectivity index (χ3v) is 5.24. The third kappa shape index (κ3) is 6.71. The van der Waals surface area contributed by atoms with Crippen LogP contribution in [0.2, 0.25) is 0 Å². The molecule has 0 bridgehead atoms. The van der Waals surface area contributed by atoms with Crippen molar-refractivity contribution in [2.75, 3.05) is 16.9 Å². The predicted molar refractivity (Wildman–Crippen MR) is 120 cm³/mol. The lowest BCUT2D eigenvalue weighted by atomic mass is 9.77. The summed E-state index contributed by atoms with van der Waals surface area (Å²) in [6.07, 6.45) is 3.36. The Bertz CT molecular complexity index is 810. The minimum absolute atomic E-state index is 0.00737. The molecule has 0 aliphatic carbocycles. The number of carbonyl (C=O) groups is 2. The van der Waals surface area contributed by atoms with E-state index in [2.05, 4.69) is 62.6 Å². The summed E-state index contributed by atoms with van der Waals surface area (Å²) in [6.45, 7) is 8.37. The van der Waals surface area contributed by atoms with E-state index in [0.717, 1.165) is 24.6 Å². The number of rotatable bonds is 6. The summed E-state index contributed by atoms with van der Waals surface area (Å²) in [5.41, 5.74) is 3.69. The molecule has 2 aromatic carbocycles. The van der Waals surface area contributed by atoms with Gasteiger partial charge >= 0.3 is 0 Å². The van der Waals surface area contributed by atoms with Crippen LogP contribution in [0.4, 0.5) is 16.2 Å². The number of anilines is 2. The van der Waals surface area contributed by atoms with E-state index in [1.54, 1.807) is 12.3 Å². The van der Waals surface area contributed by atoms with Gasteiger partial charge in [-0.05, 0) is 55.2 Å². The molecule has 4 nitrogen and oxygen atoms in total. The fourth-order valence-corrected chi connectivity index (χ4v) is 3.32. The van der Waals surface area contributed by atoms with Gasteiger partial charge in [-0.2, -0.15) is 0 Å². The molecule has 2 N–H and O–H groups in total. The lowest BCUT2D eigenvalue weighted by Gasteiger charge is -2.30. The van der Waals surface area contributed by atoms with Crippen LogP contribution in [0.5, 0.6) is 0 Å². The average molecular weight is 399 g/mol. The van der Waals surface area contributed by atoms with Crippen molar-refractivity contribution in [3.63, 3.8) is 0 Å². The smallest absolute Gasteiger partial charge is 0.283 e. The quantitative estimate of drug-likeness (QED) is 0.616. The summed E-state index contributed by atoms with van der Waals surface area (Å²) >= 11 is 1.12. The second kappa shape index (κ2) is 9.78. The molecule has 1 unspecified atom stereocenters. The Morgan fingerprint density at radius 2 is 1.61 bits per heavy atom. The molecule has 0 aliphatic rings. The molecule has 1 atom stereocenters. The zero-order chi connectivity index (χ0) is 20.7. The van der Waals surface area contributed by atoms with Crippen LogP contribution in [0, 0.1) is 18.3 Å². The molecule has 28 heavy (non-hydrogen) atoms. The minimum atomic E-state index is -0.153. The van der Waals surface area contributed by atoms with Crippen molar-refractivity contribution in [1.29, 1.82) is 0 Å². The number of benzene rings is 2. The Balaban J connectivity index is 2.07. The van der Waals surface area contributed by atoms with Gasteiger partial charge < -0.3 is 10.6 Å². The summed E-state index contributed by atoms with van der Waals surface area (Å²) in [6, 6.07) is 15.7. The summed E-state index contributed by atoms with van der Waals surface area (Å²) in [7, 11) is 0. The second-order valence-corrected chi connectivity index (χ2v) is 8.91. The normalized spacial score (nSPS) is 12.3. The van der Waals surface area contributed by atoms with Gasteiger partial charge in [0.25, 0.3) is 5.24 Å². The van der Waals surface area contributed by atoms with Crippen molar-refractivity contribution < 1.29 is 9.59 Å². The van der Waals surface area contributed by atoms with Crippen molar-refractivity contribution in [3.05, 3.63) is 59.7 Å². The van der Waals surface area contributed by atoms with Crippen LogP contribution >= 0.6 is 11.8 Å². The first-order chi connectivity index (χ1) is 13.2. The fourth-order valence-electron chi connectivity index (χ4n) is 3.10. The Kier molecular flexibility index (Phi) is 7.69. The van der Waals surface area contributed by atoms with E-state index in [0.29, 0.717) is 11.4 Å². The van der Waals surface area contributed by atoms with Gasteiger partial charge in [-0.1, -0.05) is 68.4 Å². The van der Waals surface area contributed by atoms with Gasteiger partial charge in [0.05, 0.1) is 0 Å². The largest absolute Gasteiger partial charge is 0.326 e. The molecule has 0 saturated carbocycles. The van der Waals surface area contributed by atoms with E-state index in [-0.39, 0.29) is 22.5 Å². The van der Waals surface area contributed by atoms with Crippen molar-refractivity contribution in [1.82, 2.24) is 0 Å². The number of amides is 2. The molecule has 0 aromatic heterocycles. The van der Waals surface area contributed by atoms with E-state index in [9.17, 15) is 9.59 Å². The maximum atomic E-state index is 13.0. The zero-order valence-electron chi connectivity index (χ0n) is 17.3. The van der Waals surface area contributed by atoms with Gasteiger partial charge in [0.1, 0.15) is 0 Å². The van der Waals surface area contributed by atoms with Crippen LogP contribution < -0.4 is 10.6 Å². The molecule has 5 heteroatoms. The molecule has 150 valence electrons. The number of hydrogen-bond acceptors (Lipinski definition) is 3. The summed E-state index contributed by atoms with van der Waals surface area (Å²) in [4.78, 5) is 24.6. The average Bonchev–Trinajstić information content (AvgIpc) is 2.62. The first kappa shape index (κ1) is 22.0. The maximum Gasteiger partial charge on any atom is 0.283 e. The predicted octanol–water partition coefficient (Wildman–Crippen LogP) is 6.12. The number of hydrogen-bond donors (Lipinski definition) is 2. The Labute approximate surface area is 172 Å². The van der Waals surface area contributed by atoms with Gasteiger partial charge in [0.15, 0.2) is 0 Å². The van der Waals surface area contributed by atoms with E-state index in [4.69, 9.17) is 0 Å². The highest BCUT2D eigenvalue weighted by Gasteiger charge is 2.31. The Morgan fingerprint density at radius 1 is 1.00 bits per heavy atom. The van der Waals surface area contributed by atoms with E-state index >= 15 is 0 Å². The molecule has 0 heterocycles. The lowest BCUT2D eigenvalue weighted by Crippen LogP contribution is -2.33. The highest BCUT2D eigenvalue weighted by atomic mass is 32.2. The Morgan fingerprint density at radius 3 is 2.18 bits per heavy atom. The fraction of sp³-hybridized carbons (Fsp3) is 0.391. The van der Waals surface area contributed by atoms with Crippen LogP contribution in [-0.2, 0) is 11.2 Å². The summed E-state index contributed by atoms with van der Waals surface area (Å²) < 4.78 is 0. The monoisotopic (exact) mass is 398 g/mol. The molecule has 0 fully saturated rings. The van der Waals surface area contributed by atoms with Gasteiger partial charge in [-0.25, -0.2) is 0 Å². The lowest BCUT2D eigenvalue weighted by molar-refractivity contribution is -0.123. The first-order valence-electron chi connectivity index (χ1n) is 9.50. The molecule has 0 aliphatic heterocycles. The topological polar surface area (TPSA) is 58.2 Å². The molecule has 2 rings (SSSR count). The maximum absolute atomic E-state index is 13.0. The minimum Gasteiger partial charge on any atom is -0.326 e. The van der Waals surface area contributed by atoms with Crippen LogP contribution in [0.25, 0.3) is 0 Å². The summed E-state index contributed by atoms with van der Waals surface area (Å²) in [5, 5.41) is 5.69. The molecule has 0 saturated heterocycles. The van der Waals surface area contributed by atoms with E-state index in [1.807, 2.05) is 18.2 Å². The van der Waals surface area contributed by atoms with Gasteiger partial charge in [0, 0.05) is 17.3 Å². The number of aryl methyl sites for hydroxylation is 2. The number of thioether (sulfide) groups is 1. The number of carbonyl (C=O) groups excluding carboxylic acids is 2. The molecular weight excluding hydrogens is 368 g/mol. The zero-order valence-corrected chi connectivity index (χ0v) is 18.2. The molecule has 2 aromatic rings. The molecule has 0 spiro atoms. The van der Waals surface area contributed by atoms with Crippen molar-refractivity contribution in [2.45, 2.75) is 40.5 Å². The second-order valence-electron chi connectivity index (χ2n) is 8.13. The Hall–Kier alpha value is -2.27. The third-order valence-electron chi connectivity index (χ3n) is 4.77. The van der Waals surface area contributed by atoms with Crippen LogP contribution in [0.3, 0.4) is 0 Å². The van der Waals surface area contributed by atoms with Crippen molar-refractivity contribution in [2.24, 2.45) is 11.3 Å². The molecular formula is C23H30N2O2S. The van der Waals surface area contributed by atoms with Gasteiger partial charge in [0.2, 0.25) is 5.91 Å². The highest BCUT2D eigenvalue weighted by molar-refractivity contribution is 8.13. The summed E-state index contributed by atoms with van der Waals surface area (Å²) in [5.74, 6) is -0.119. The van der Waals surface area contributed by atoms with Gasteiger partial charge in [-0.3, -0.25) is 9.59 Å². The van der Waals surface area contributed by atoms with Gasteiger partial charge in [-0.15, -0.1) is 0 Å². The SMILES string of the molecule is CSC(=O)Nc1cccc(NC(=O)C(CCc2ccc(C)cc2)C(C)(C)C)c1. The number of nitrogens with one attached hydrogen (secondary N) is 2. The standard InChI is InChI=1S/C23H30N2O2S/c1-16-9-11-17(12-10-16)13-14-20(23(2,3)4)21(26)24-18-7-6-8-19(15-18)25-22(27)28-5/h6-12,15,20H,13-14H2,1-5H3,(H,24,26)(H,25,27). The van der Waals surface area contributed by atoms with Crippen LogP contribution in [-0.4, -0.2) is 17.4 Å². The highest BCUT2D eigenvalue weighted by Crippen LogP contribution is 2.31. The van der Waals surface area contributed by atoms with Crippen molar-refractivity contribution in [3.8, 4) is 0 Å². The van der Waals surface area contributed by atoms with Crippen LogP contribution in [0.15, 0.2) is 48.5 Å². The molecule has 2 amide bonds. The van der Waals surface area contributed by atoms with Crippen LogP contribution in [0.1, 0.15) is 38.3 Å². The first-order valence-corrected chi connectivity index (χ1v) is 10.7. The van der Waals surface area contributed by atoms with Crippen molar-refractivity contribution >= 4 is 34.3 Å². The molecule has 0 radical (unpaired) electrons. The van der Waals surface area contributed by atoms with E-state index < -0.39 is 0 Å². The van der Waals surface area contributed by atoms with E-state index in [1.165, 1.54) is 11.1 Å².